The van der Waals surface area contributed by atoms with E-state index in [4.69, 9.17) is 5.14 Å². The highest BCUT2D eigenvalue weighted by molar-refractivity contribution is 7.84. The average Bonchev–Trinajstić information content (AvgIpc) is 3.55. The van der Waals surface area contributed by atoms with Gasteiger partial charge in [0.1, 0.15) is 6.33 Å². The molecule has 194 valence electrons. The maximum atomic E-state index is 13.4. The first-order chi connectivity index (χ1) is 17.7. The quantitative estimate of drug-likeness (QED) is 0.301. The molecule has 0 radical (unpaired) electrons. The zero-order valence-corrected chi connectivity index (χ0v) is 21.7. The average molecular weight is 543 g/mol. The number of carbonyl (C=O) groups is 1. The van der Waals surface area contributed by atoms with Gasteiger partial charge in [0, 0.05) is 23.7 Å². The number of carbonyl (C=O) groups excluding carboxylic acids is 1. The Hall–Kier alpha value is -3.10. The van der Waals surface area contributed by atoms with E-state index in [9.17, 15) is 18.3 Å². The largest absolute Gasteiger partial charge is 0.393 e. The number of aliphatic hydroxyl groups is 1. The van der Waals surface area contributed by atoms with Crippen molar-refractivity contribution in [1.29, 1.82) is 0 Å². The van der Waals surface area contributed by atoms with Crippen LogP contribution in [0, 0.1) is 18.8 Å². The van der Waals surface area contributed by atoms with Crippen LogP contribution in [-0.2, 0) is 27.5 Å². The molecule has 3 atom stereocenters. The van der Waals surface area contributed by atoms with Gasteiger partial charge < -0.3 is 5.11 Å². The number of nitrogens with two attached hydrogens (primary N) is 1. The summed E-state index contributed by atoms with van der Waals surface area (Å²) in [6.45, 7) is 2.29. The first-order valence-electron chi connectivity index (χ1n) is 11.7. The summed E-state index contributed by atoms with van der Waals surface area (Å²) in [5.41, 5.74) is 3.82. The van der Waals surface area contributed by atoms with Crippen molar-refractivity contribution >= 4 is 38.3 Å². The first-order valence-corrected chi connectivity index (χ1v) is 14.1. The van der Waals surface area contributed by atoms with Gasteiger partial charge in [0.05, 0.1) is 52.8 Å². The standard InChI is InChI=1S/C24H26N6O5S2/c1-14-18-2-3-26-9-21(18)30(29-14)10-16-7-23(36-12-16)24(32)19-8-27-13-28-20(19)5-15-4-17(22(31)6-15)11-35-37(25,33)34/h2-3,7-9,12-13,15,17,22,31H,4-6,10-11H2,1H3,(H2,25,33,34)/t15-,17+,22-/m0/s1. The predicted molar refractivity (Wildman–Crippen MR) is 136 cm³/mol. The predicted octanol–water partition coefficient (Wildman–Crippen LogP) is 2.02. The van der Waals surface area contributed by atoms with Crippen LogP contribution in [0.2, 0.25) is 0 Å². The molecule has 0 saturated heterocycles. The van der Waals surface area contributed by atoms with Crippen molar-refractivity contribution in [3.63, 3.8) is 0 Å². The number of fused-ring (bicyclic) bond motifs is 1. The molecule has 0 bridgehead atoms. The Bertz CT molecular complexity index is 1550. The molecule has 1 saturated carbocycles. The SMILES string of the molecule is Cc1nn(Cc2csc(C(=O)c3cncnc3C[C@@H]3C[C@H](COS(N)(=O)=O)[C@@H](O)C3)c2)c2cnccc12. The van der Waals surface area contributed by atoms with Gasteiger partial charge in [-0.05, 0) is 55.2 Å². The Morgan fingerprint density at radius 2 is 2.14 bits per heavy atom. The van der Waals surface area contributed by atoms with Gasteiger partial charge >= 0.3 is 10.3 Å². The first kappa shape index (κ1) is 25.5. The summed E-state index contributed by atoms with van der Waals surface area (Å²) in [5.74, 6) is -0.515. The summed E-state index contributed by atoms with van der Waals surface area (Å²) < 4.78 is 28.8. The van der Waals surface area contributed by atoms with E-state index in [1.807, 2.05) is 29.1 Å². The Kier molecular flexibility index (Phi) is 7.14. The van der Waals surface area contributed by atoms with Gasteiger partial charge in [-0.25, -0.2) is 15.1 Å². The molecule has 0 spiro atoms. The van der Waals surface area contributed by atoms with Gasteiger partial charge in [-0.1, -0.05) is 0 Å². The van der Waals surface area contributed by atoms with Gasteiger partial charge in [-0.2, -0.15) is 13.5 Å². The lowest BCUT2D eigenvalue weighted by Crippen LogP contribution is -2.24. The second-order valence-electron chi connectivity index (χ2n) is 9.31. The minimum atomic E-state index is -4.07. The molecule has 37 heavy (non-hydrogen) atoms. The fourth-order valence-electron chi connectivity index (χ4n) is 4.91. The number of hydrogen-bond acceptors (Lipinski definition) is 10. The van der Waals surface area contributed by atoms with E-state index < -0.39 is 16.4 Å². The van der Waals surface area contributed by atoms with Crippen LogP contribution in [0.15, 0.2) is 42.4 Å². The molecule has 1 aliphatic carbocycles. The Morgan fingerprint density at radius 3 is 2.95 bits per heavy atom. The normalized spacial score (nSPS) is 20.0. The monoisotopic (exact) mass is 542 g/mol. The molecule has 1 fully saturated rings. The fourth-order valence-corrected chi connectivity index (χ4v) is 6.14. The zero-order chi connectivity index (χ0) is 26.2. The van der Waals surface area contributed by atoms with Gasteiger partial charge in [-0.3, -0.25) is 18.6 Å². The number of nitrogens with zero attached hydrogens (tertiary/aromatic N) is 5. The summed E-state index contributed by atoms with van der Waals surface area (Å²) >= 11 is 1.36. The maximum absolute atomic E-state index is 13.4. The number of hydrogen-bond donors (Lipinski definition) is 2. The molecular weight excluding hydrogens is 516 g/mol. The number of pyridine rings is 1. The molecule has 4 aromatic rings. The number of aliphatic hydroxyl groups excluding tert-OH is 1. The number of aryl methyl sites for hydroxylation is 1. The number of rotatable bonds is 9. The molecule has 13 heteroatoms. The van der Waals surface area contributed by atoms with E-state index in [-0.39, 0.29) is 24.2 Å². The third-order valence-electron chi connectivity index (χ3n) is 6.67. The van der Waals surface area contributed by atoms with Gasteiger partial charge in [0.2, 0.25) is 5.78 Å². The van der Waals surface area contributed by atoms with Crippen LogP contribution in [0.1, 0.15) is 45.0 Å². The van der Waals surface area contributed by atoms with Crippen molar-refractivity contribution < 1.29 is 22.5 Å². The number of thiophene rings is 1. The molecular formula is C24H26N6O5S2. The molecule has 1 aliphatic rings. The van der Waals surface area contributed by atoms with Crippen molar-refractivity contribution in [3.05, 3.63) is 69.8 Å². The molecule has 0 amide bonds. The van der Waals surface area contributed by atoms with Crippen LogP contribution >= 0.6 is 11.3 Å². The van der Waals surface area contributed by atoms with E-state index >= 15 is 0 Å². The van der Waals surface area contributed by atoms with E-state index in [0.29, 0.717) is 41.9 Å². The molecule has 0 aromatic carbocycles. The van der Waals surface area contributed by atoms with Gasteiger partial charge in [0.15, 0.2) is 0 Å². The molecule has 11 nitrogen and oxygen atoms in total. The van der Waals surface area contributed by atoms with Gasteiger partial charge in [-0.15, -0.1) is 11.3 Å². The summed E-state index contributed by atoms with van der Waals surface area (Å²) in [7, 11) is -4.07. The Morgan fingerprint density at radius 1 is 1.30 bits per heavy atom. The highest BCUT2D eigenvalue weighted by Crippen LogP contribution is 2.34. The van der Waals surface area contributed by atoms with Crippen molar-refractivity contribution in [3.8, 4) is 0 Å². The molecule has 0 aliphatic heterocycles. The zero-order valence-electron chi connectivity index (χ0n) is 20.0. The van der Waals surface area contributed by atoms with Crippen LogP contribution in [0.3, 0.4) is 0 Å². The highest BCUT2D eigenvalue weighted by atomic mass is 32.2. The minimum absolute atomic E-state index is 0.00868. The number of ketones is 1. The molecule has 4 heterocycles. The lowest BCUT2D eigenvalue weighted by Gasteiger charge is -2.13. The van der Waals surface area contributed by atoms with Crippen LogP contribution in [0.4, 0.5) is 0 Å². The highest BCUT2D eigenvalue weighted by Gasteiger charge is 2.35. The van der Waals surface area contributed by atoms with Crippen molar-refractivity contribution in [1.82, 2.24) is 24.7 Å². The van der Waals surface area contributed by atoms with Crippen molar-refractivity contribution in [2.24, 2.45) is 17.0 Å². The lowest BCUT2D eigenvalue weighted by atomic mass is 9.96. The van der Waals surface area contributed by atoms with Crippen LogP contribution in [-0.4, -0.2) is 56.8 Å². The number of aromatic nitrogens is 5. The molecule has 4 aromatic heterocycles. The molecule has 3 N–H and O–H groups in total. The Labute approximate surface area is 217 Å². The van der Waals surface area contributed by atoms with E-state index in [0.717, 1.165) is 22.2 Å². The smallest absolute Gasteiger partial charge is 0.333 e. The molecule has 0 unspecified atom stereocenters. The van der Waals surface area contributed by atoms with Crippen molar-refractivity contribution in [2.45, 2.75) is 38.8 Å². The van der Waals surface area contributed by atoms with Crippen LogP contribution < -0.4 is 5.14 Å². The topological polar surface area (TPSA) is 163 Å². The van der Waals surface area contributed by atoms with Crippen LogP contribution in [0.5, 0.6) is 0 Å². The third kappa shape index (κ3) is 5.75. The van der Waals surface area contributed by atoms with Crippen LogP contribution in [0.25, 0.3) is 10.9 Å². The summed E-state index contributed by atoms with van der Waals surface area (Å²) in [5, 5.41) is 22.9. The van der Waals surface area contributed by atoms with Crippen molar-refractivity contribution in [2.75, 3.05) is 6.61 Å². The summed E-state index contributed by atoms with van der Waals surface area (Å²) in [6.07, 6.45) is 7.17. The maximum Gasteiger partial charge on any atom is 0.333 e. The minimum Gasteiger partial charge on any atom is -0.393 e. The summed E-state index contributed by atoms with van der Waals surface area (Å²) in [6, 6.07) is 3.80. The van der Waals surface area contributed by atoms with E-state index in [1.165, 1.54) is 23.9 Å². The molecule has 5 rings (SSSR count). The second kappa shape index (κ2) is 10.3. The van der Waals surface area contributed by atoms with Gasteiger partial charge in [0.25, 0.3) is 0 Å². The Balaban J connectivity index is 1.29. The second-order valence-corrected chi connectivity index (χ2v) is 11.4. The third-order valence-corrected chi connectivity index (χ3v) is 8.11. The summed E-state index contributed by atoms with van der Waals surface area (Å²) in [4.78, 5) is 26.6. The lowest BCUT2D eigenvalue weighted by molar-refractivity contribution is 0.100. The van der Waals surface area contributed by atoms with E-state index in [2.05, 4.69) is 24.2 Å². The van der Waals surface area contributed by atoms with E-state index in [1.54, 1.807) is 12.4 Å². The fraction of sp³-hybridized carbons (Fsp3) is 0.375.